The second-order valence-corrected chi connectivity index (χ2v) is 7.41. The lowest BCUT2D eigenvalue weighted by molar-refractivity contribution is 0.176. The van der Waals surface area contributed by atoms with Gasteiger partial charge in [-0.3, -0.25) is 0 Å². The zero-order valence-electron chi connectivity index (χ0n) is 10.8. The maximum atomic E-state index is 12.0. The number of sulfone groups is 1. The van der Waals surface area contributed by atoms with Crippen LogP contribution in [0.4, 0.5) is 4.79 Å². The van der Waals surface area contributed by atoms with Crippen LogP contribution in [0.1, 0.15) is 12.0 Å². The molecule has 0 aromatic heterocycles. The molecule has 7 heteroatoms. The van der Waals surface area contributed by atoms with Gasteiger partial charge in [-0.25, -0.2) is 13.2 Å². The Labute approximate surface area is 117 Å². The highest BCUT2D eigenvalue weighted by molar-refractivity contribution is 7.91. The van der Waals surface area contributed by atoms with Crippen molar-refractivity contribution in [3.63, 3.8) is 0 Å². The van der Waals surface area contributed by atoms with Gasteiger partial charge in [0.25, 0.3) is 0 Å². The van der Waals surface area contributed by atoms with Crippen molar-refractivity contribution in [1.29, 1.82) is 0 Å². The van der Waals surface area contributed by atoms with Crippen molar-refractivity contribution in [1.82, 2.24) is 4.90 Å². The summed E-state index contributed by atoms with van der Waals surface area (Å²) in [7, 11) is -3.17. The van der Waals surface area contributed by atoms with Crippen molar-refractivity contribution >= 4 is 21.7 Å². The van der Waals surface area contributed by atoms with Crippen LogP contribution in [-0.4, -0.2) is 42.2 Å². The number of carbonyl (C=O) groups excluding carboxylic acids is 1. The van der Waals surface area contributed by atoms with Crippen LogP contribution in [0.5, 0.6) is 0 Å². The topological polar surface area (TPSA) is 92.8 Å². The molecule has 0 bridgehead atoms. The molecule has 3 rings (SSSR count). The first kappa shape index (κ1) is 13.1. The first-order valence-electron chi connectivity index (χ1n) is 6.34. The number of nitrogens with two attached hydrogens (primary N) is 1. The van der Waals surface area contributed by atoms with E-state index in [2.05, 4.69) is 4.99 Å². The Morgan fingerprint density at radius 2 is 2.00 bits per heavy atom. The van der Waals surface area contributed by atoms with Crippen LogP contribution < -0.4 is 5.73 Å². The smallest absolute Gasteiger partial charge is 0.346 e. The molecule has 2 aliphatic heterocycles. The van der Waals surface area contributed by atoms with Crippen molar-refractivity contribution in [3.05, 3.63) is 35.9 Å². The van der Waals surface area contributed by atoms with Gasteiger partial charge in [0, 0.05) is 6.54 Å². The third-order valence-electron chi connectivity index (χ3n) is 3.91. The van der Waals surface area contributed by atoms with Crippen LogP contribution >= 0.6 is 0 Å². The molecule has 0 aliphatic carbocycles. The average molecular weight is 293 g/mol. The van der Waals surface area contributed by atoms with Crippen LogP contribution in [0.2, 0.25) is 0 Å². The Bertz CT molecular complexity index is 684. The van der Waals surface area contributed by atoms with E-state index in [1.54, 1.807) is 0 Å². The van der Waals surface area contributed by atoms with Gasteiger partial charge in [-0.15, -0.1) is 0 Å². The van der Waals surface area contributed by atoms with Gasteiger partial charge in [-0.2, -0.15) is 4.99 Å². The summed E-state index contributed by atoms with van der Waals surface area (Å²) in [4.78, 5) is 17.3. The predicted octanol–water partition coefficient (Wildman–Crippen LogP) is 0.537. The minimum absolute atomic E-state index is 0.0434. The van der Waals surface area contributed by atoms with Gasteiger partial charge in [0.15, 0.2) is 9.84 Å². The van der Waals surface area contributed by atoms with E-state index in [1.165, 1.54) is 4.90 Å². The monoisotopic (exact) mass is 293 g/mol. The van der Waals surface area contributed by atoms with Gasteiger partial charge < -0.3 is 10.6 Å². The van der Waals surface area contributed by atoms with Crippen LogP contribution in [0, 0.1) is 0 Å². The van der Waals surface area contributed by atoms with Crippen LogP contribution in [0.3, 0.4) is 0 Å². The van der Waals surface area contributed by atoms with E-state index in [1.807, 2.05) is 30.3 Å². The summed E-state index contributed by atoms with van der Waals surface area (Å²) in [6, 6.07) is 8.95. The van der Waals surface area contributed by atoms with E-state index < -0.39 is 21.4 Å². The molecule has 2 N–H and O–H groups in total. The number of urea groups is 1. The van der Waals surface area contributed by atoms with Gasteiger partial charge >= 0.3 is 6.03 Å². The molecule has 6 nitrogen and oxygen atoms in total. The Hall–Kier alpha value is -1.89. The third kappa shape index (κ3) is 1.98. The summed E-state index contributed by atoms with van der Waals surface area (Å²) >= 11 is 0. The van der Waals surface area contributed by atoms with Crippen LogP contribution in [0.25, 0.3) is 0 Å². The lowest BCUT2D eigenvalue weighted by Crippen LogP contribution is -2.54. The Morgan fingerprint density at radius 1 is 1.30 bits per heavy atom. The van der Waals surface area contributed by atoms with Gasteiger partial charge in [-0.1, -0.05) is 30.3 Å². The number of hydrogen-bond donors (Lipinski definition) is 1. The minimum atomic E-state index is -3.17. The number of rotatable bonds is 2. The van der Waals surface area contributed by atoms with Crippen LogP contribution in [-0.2, 0) is 16.4 Å². The number of carbonyl (C=O) groups is 1. The summed E-state index contributed by atoms with van der Waals surface area (Å²) < 4.78 is 23.6. The number of aliphatic imine (C=N–C) groups is 1. The zero-order valence-corrected chi connectivity index (χ0v) is 11.6. The molecule has 106 valence electrons. The second-order valence-electron chi connectivity index (χ2n) is 5.22. The van der Waals surface area contributed by atoms with Gasteiger partial charge in [0.1, 0.15) is 11.4 Å². The maximum absolute atomic E-state index is 12.0. The lowest BCUT2D eigenvalue weighted by Gasteiger charge is -2.33. The molecular formula is C13H15N3O3S. The van der Waals surface area contributed by atoms with Crippen LogP contribution in [0.15, 0.2) is 35.3 Å². The average Bonchev–Trinajstić information content (AvgIpc) is 2.84. The normalized spacial score (nSPS) is 28.1. The molecule has 2 heterocycles. The van der Waals surface area contributed by atoms with Gasteiger partial charge in [0.05, 0.1) is 11.5 Å². The van der Waals surface area contributed by atoms with Crippen molar-refractivity contribution in [2.75, 3.05) is 11.5 Å². The summed E-state index contributed by atoms with van der Waals surface area (Å²) in [6.45, 7) is 0.319. The summed E-state index contributed by atoms with van der Waals surface area (Å²) in [5.74, 6) is 0.0369. The first-order valence-corrected chi connectivity index (χ1v) is 8.16. The van der Waals surface area contributed by atoms with E-state index in [9.17, 15) is 13.2 Å². The quantitative estimate of drug-likeness (QED) is 0.861. The Morgan fingerprint density at radius 3 is 2.60 bits per heavy atom. The zero-order chi connectivity index (χ0) is 14.4. The third-order valence-corrected chi connectivity index (χ3v) is 5.65. The van der Waals surface area contributed by atoms with E-state index in [4.69, 9.17) is 5.73 Å². The Balaban J connectivity index is 1.95. The number of amides is 2. The number of nitrogens with zero attached hydrogens (tertiary/aromatic N) is 2. The van der Waals surface area contributed by atoms with Crippen molar-refractivity contribution in [2.24, 2.45) is 10.7 Å². The summed E-state index contributed by atoms with van der Waals surface area (Å²) in [5, 5.41) is 0. The molecule has 1 unspecified atom stereocenters. The molecular weight excluding hydrogens is 278 g/mol. The maximum Gasteiger partial charge on any atom is 0.346 e. The minimum Gasteiger partial charge on any atom is -0.385 e. The first-order chi connectivity index (χ1) is 9.43. The number of hydrogen-bond acceptors (Lipinski definition) is 4. The molecule has 1 fully saturated rings. The molecule has 20 heavy (non-hydrogen) atoms. The highest BCUT2D eigenvalue weighted by Crippen LogP contribution is 2.35. The van der Waals surface area contributed by atoms with E-state index >= 15 is 0 Å². The predicted molar refractivity (Wildman–Crippen MR) is 75.0 cm³/mol. The fourth-order valence-electron chi connectivity index (χ4n) is 2.82. The molecule has 2 amide bonds. The molecule has 0 saturated carbocycles. The molecule has 1 saturated heterocycles. The van der Waals surface area contributed by atoms with E-state index in [0.29, 0.717) is 13.0 Å². The van der Waals surface area contributed by atoms with E-state index in [0.717, 1.165) is 5.56 Å². The fraction of sp³-hybridized carbons (Fsp3) is 0.385. The fourth-order valence-corrected chi connectivity index (χ4v) is 4.79. The van der Waals surface area contributed by atoms with Gasteiger partial charge in [0.2, 0.25) is 0 Å². The molecule has 1 spiro atoms. The highest BCUT2D eigenvalue weighted by atomic mass is 32.2. The molecule has 1 atom stereocenters. The van der Waals surface area contributed by atoms with Gasteiger partial charge in [-0.05, 0) is 12.0 Å². The van der Waals surface area contributed by atoms with Crippen molar-refractivity contribution in [3.8, 4) is 0 Å². The molecule has 2 aliphatic rings. The largest absolute Gasteiger partial charge is 0.385 e. The molecule has 0 radical (unpaired) electrons. The SMILES string of the molecule is NC1=NC(=O)N(Cc2ccccc2)C12CCS(=O)(=O)C2. The highest BCUT2D eigenvalue weighted by Gasteiger charge is 2.54. The van der Waals surface area contributed by atoms with Crippen molar-refractivity contribution < 1.29 is 13.2 Å². The standard InChI is InChI=1S/C13H15N3O3S/c14-11-13(6-7-20(18,19)9-13)16(12(17)15-11)8-10-4-2-1-3-5-10/h1-5H,6-9H2,(H2,14,15,17). The molecule has 1 aromatic carbocycles. The molecule has 1 aromatic rings. The lowest BCUT2D eigenvalue weighted by atomic mass is 9.96. The summed E-state index contributed by atoms with van der Waals surface area (Å²) in [6.07, 6.45) is 0.323. The number of benzene rings is 1. The summed E-state index contributed by atoms with van der Waals surface area (Å²) in [5.41, 5.74) is 5.83. The number of amidine groups is 1. The Kier molecular flexibility index (Phi) is 2.82. The van der Waals surface area contributed by atoms with E-state index in [-0.39, 0.29) is 17.3 Å². The second kappa shape index (κ2) is 4.31. The van der Waals surface area contributed by atoms with Crippen molar-refractivity contribution in [2.45, 2.75) is 18.5 Å².